The fourth-order valence-corrected chi connectivity index (χ4v) is 3.73. The van der Waals surface area contributed by atoms with Gasteiger partial charge in [-0.25, -0.2) is 4.98 Å². The van der Waals surface area contributed by atoms with Crippen LogP contribution in [-0.2, 0) is 17.1 Å². The molecule has 1 saturated heterocycles. The first kappa shape index (κ1) is 15.4. The van der Waals surface area contributed by atoms with E-state index in [1.807, 2.05) is 17.5 Å². The molecule has 4 heterocycles. The number of oxazole rings is 1. The number of likely N-dealkylation sites (tertiary alicyclic amines) is 1. The number of thioether (sulfide) groups is 1. The minimum absolute atomic E-state index is 0.142. The molecule has 9 heteroatoms. The number of amides is 1. The van der Waals surface area contributed by atoms with Crippen LogP contribution in [0.5, 0.6) is 0 Å². The first-order valence-corrected chi connectivity index (χ1v) is 9.36. The highest BCUT2D eigenvalue weighted by Crippen LogP contribution is 2.28. The average molecular weight is 362 g/mol. The van der Waals surface area contributed by atoms with Gasteiger partial charge in [0, 0.05) is 13.0 Å². The lowest BCUT2D eigenvalue weighted by Crippen LogP contribution is -2.23. The van der Waals surface area contributed by atoms with E-state index in [9.17, 15) is 4.79 Å². The Morgan fingerprint density at radius 3 is 3.04 bits per heavy atom. The van der Waals surface area contributed by atoms with Gasteiger partial charge in [-0.3, -0.25) is 4.79 Å². The van der Waals surface area contributed by atoms with Gasteiger partial charge in [0.05, 0.1) is 23.4 Å². The van der Waals surface area contributed by atoms with E-state index in [4.69, 9.17) is 8.83 Å². The number of hydrogen-bond donors (Lipinski definition) is 0. The van der Waals surface area contributed by atoms with Crippen molar-refractivity contribution in [2.45, 2.75) is 30.4 Å². The summed E-state index contributed by atoms with van der Waals surface area (Å²) in [5.74, 6) is 2.48. The molecule has 1 aliphatic rings. The summed E-state index contributed by atoms with van der Waals surface area (Å²) >= 11 is 2.98. The van der Waals surface area contributed by atoms with Crippen LogP contribution in [0, 0.1) is 0 Å². The molecule has 3 aromatic rings. The Balaban J connectivity index is 1.34. The highest BCUT2D eigenvalue weighted by atomic mass is 32.2. The van der Waals surface area contributed by atoms with Gasteiger partial charge in [-0.2, -0.15) is 0 Å². The molecular weight excluding hydrogens is 348 g/mol. The molecule has 0 aliphatic carbocycles. The Morgan fingerprint density at radius 1 is 1.29 bits per heavy atom. The summed E-state index contributed by atoms with van der Waals surface area (Å²) < 4.78 is 11.3. The van der Waals surface area contributed by atoms with Crippen LogP contribution in [0.15, 0.2) is 37.8 Å². The fourth-order valence-electron chi connectivity index (χ4n) is 2.43. The third kappa shape index (κ3) is 3.36. The third-order valence-corrected chi connectivity index (χ3v) is 5.27. The number of nitrogens with zero attached hydrogens (tertiary/aromatic N) is 4. The van der Waals surface area contributed by atoms with E-state index in [0.717, 1.165) is 23.6 Å². The zero-order valence-electron chi connectivity index (χ0n) is 12.7. The second-order valence-corrected chi connectivity index (χ2v) is 7.14. The van der Waals surface area contributed by atoms with Crippen molar-refractivity contribution in [3.05, 3.63) is 35.5 Å². The summed E-state index contributed by atoms with van der Waals surface area (Å²) in [7, 11) is 0. The molecule has 7 nitrogen and oxygen atoms in total. The maximum absolute atomic E-state index is 11.6. The van der Waals surface area contributed by atoms with E-state index in [-0.39, 0.29) is 5.91 Å². The van der Waals surface area contributed by atoms with Gasteiger partial charge in [0.2, 0.25) is 17.7 Å². The predicted molar refractivity (Wildman–Crippen MR) is 88.3 cm³/mol. The Morgan fingerprint density at radius 2 is 2.25 bits per heavy atom. The van der Waals surface area contributed by atoms with Crippen molar-refractivity contribution < 1.29 is 13.6 Å². The largest absolute Gasteiger partial charge is 0.439 e. The molecule has 0 N–H and O–H groups in total. The lowest BCUT2D eigenvalue weighted by atomic mass is 10.4. The number of carbonyl (C=O) groups is 1. The normalized spacial score (nSPS) is 14.7. The minimum Gasteiger partial charge on any atom is -0.439 e. The van der Waals surface area contributed by atoms with Crippen molar-refractivity contribution in [3.8, 4) is 10.6 Å². The zero-order chi connectivity index (χ0) is 16.4. The molecule has 0 unspecified atom stereocenters. The van der Waals surface area contributed by atoms with E-state index in [0.29, 0.717) is 35.7 Å². The molecule has 0 radical (unpaired) electrons. The Hall–Kier alpha value is -2.13. The van der Waals surface area contributed by atoms with Gasteiger partial charge in [-0.15, -0.1) is 21.5 Å². The lowest BCUT2D eigenvalue weighted by Gasteiger charge is -2.11. The Kier molecular flexibility index (Phi) is 4.35. The minimum atomic E-state index is 0.142. The van der Waals surface area contributed by atoms with Gasteiger partial charge in [-0.05, 0) is 17.9 Å². The van der Waals surface area contributed by atoms with Gasteiger partial charge in [-0.1, -0.05) is 17.8 Å². The molecule has 1 aliphatic heterocycles. The van der Waals surface area contributed by atoms with Crippen LogP contribution in [0.1, 0.15) is 24.6 Å². The SMILES string of the molecule is O=C1CCCN1Cc1nnc(SCc2ncc(-c3cccs3)o2)o1. The highest BCUT2D eigenvalue weighted by molar-refractivity contribution is 7.98. The lowest BCUT2D eigenvalue weighted by molar-refractivity contribution is -0.128. The van der Waals surface area contributed by atoms with Crippen LogP contribution in [0.25, 0.3) is 10.6 Å². The van der Waals surface area contributed by atoms with Gasteiger partial charge < -0.3 is 13.7 Å². The average Bonchev–Trinajstić information content (AvgIpc) is 3.35. The van der Waals surface area contributed by atoms with E-state index in [1.54, 1.807) is 22.4 Å². The highest BCUT2D eigenvalue weighted by Gasteiger charge is 2.22. The number of aromatic nitrogens is 3. The van der Waals surface area contributed by atoms with Gasteiger partial charge in [0.1, 0.15) is 0 Å². The van der Waals surface area contributed by atoms with E-state index in [1.165, 1.54) is 11.8 Å². The molecule has 4 rings (SSSR count). The van der Waals surface area contributed by atoms with Crippen LogP contribution >= 0.6 is 23.1 Å². The molecule has 0 bridgehead atoms. The summed E-state index contributed by atoms with van der Waals surface area (Å²) in [5, 5.41) is 10.4. The number of rotatable bonds is 6. The molecule has 1 amide bonds. The summed E-state index contributed by atoms with van der Waals surface area (Å²) in [6, 6.07) is 3.97. The Bertz CT molecular complexity index is 828. The predicted octanol–water partition coefficient (Wildman–Crippen LogP) is 3.20. The molecule has 0 spiro atoms. The van der Waals surface area contributed by atoms with Crippen LogP contribution in [-0.4, -0.2) is 32.5 Å². The zero-order valence-corrected chi connectivity index (χ0v) is 14.3. The fraction of sp³-hybridized carbons (Fsp3) is 0.333. The summed E-state index contributed by atoms with van der Waals surface area (Å²) in [6.45, 7) is 1.14. The van der Waals surface area contributed by atoms with Crippen molar-refractivity contribution in [1.29, 1.82) is 0 Å². The first-order chi connectivity index (χ1) is 11.8. The summed E-state index contributed by atoms with van der Waals surface area (Å²) in [4.78, 5) is 18.7. The molecule has 0 saturated carbocycles. The van der Waals surface area contributed by atoms with E-state index in [2.05, 4.69) is 15.2 Å². The number of thiophene rings is 1. The van der Waals surface area contributed by atoms with Gasteiger partial charge in [0.25, 0.3) is 5.22 Å². The molecule has 24 heavy (non-hydrogen) atoms. The number of hydrogen-bond acceptors (Lipinski definition) is 8. The maximum atomic E-state index is 11.6. The van der Waals surface area contributed by atoms with E-state index >= 15 is 0 Å². The van der Waals surface area contributed by atoms with Crippen molar-refractivity contribution >= 4 is 29.0 Å². The van der Waals surface area contributed by atoms with Gasteiger partial charge in [0.15, 0.2) is 5.76 Å². The molecule has 124 valence electrons. The summed E-state index contributed by atoms with van der Waals surface area (Å²) in [5.41, 5.74) is 0. The second-order valence-electron chi connectivity index (χ2n) is 5.26. The summed E-state index contributed by atoms with van der Waals surface area (Å²) in [6.07, 6.45) is 3.22. The van der Waals surface area contributed by atoms with Crippen LogP contribution in [0.4, 0.5) is 0 Å². The molecule has 3 aromatic heterocycles. The van der Waals surface area contributed by atoms with Crippen molar-refractivity contribution in [3.63, 3.8) is 0 Å². The van der Waals surface area contributed by atoms with Crippen LogP contribution in [0.3, 0.4) is 0 Å². The Labute approximate surface area is 146 Å². The van der Waals surface area contributed by atoms with Crippen molar-refractivity contribution in [2.24, 2.45) is 0 Å². The smallest absolute Gasteiger partial charge is 0.277 e. The molecule has 1 fully saturated rings. The van der Waals surface area contributed by atoms with Crippen molar-refractivity contribution in [1.82, 2.24) is 20.1 Å². The van der Waals surface area contributed by atoms with Crippen molar-refractivity contribution in [2.75, 3.05) is 6.54 Å². The standard InChI is InChI=1S/C15H14N4O3S2/c20-14-4-1-5-19(14)8-12-17-18-15(22-12)24-9-13-16-7-10(21-13)11-3-2-6-23-11/h2-3,6-7H,1,4-5,8-9H2. The van der Waals surface area contributed by atoms with E-state index < -0.39 is 0 Å². The first-order valence-electron chi connectivity index (χ1n) is 7.49. The third-order valence-electron chi connectivity index (χ3n) is 3.58. The molecule has 0 aromatic carbocycles. The quantitative estimate of drug-likeness (QED) is 0.622. The topological polar surface area (TPSA) is 85.3 Å². The van der Waals surface area contributed by atoms with Crippen LogP contribution < -0.4 is 0 Å². The molecular formula is C15H14N4O3S2. The molecule has 0 atom stereocenters. The maximum Gasteiger partial charge on any atom is 0.277 e. The van der Waals surface area contributed by atoms with Gasteiger partial charge >= 0.3 is 0 Å². The second kappa shape index (κ2) is 6.78. The monoisotopic (exact) mass is 362 g/mol. The number of carbonyl (C=O) groups excluding carboxylic acids is 1. The van der Waals surface area contributed by atoms with Crippen LogP contribution in [0.2, 0.25) is 0 Å².